The van der Waals surface area contributed by atoms with Crippen molar-refractivity contribution in [3.8, 4) is 11.1 Å². The van der Waals surface area contributed by atoms with Gasteiger partial charge in [0.15, 0.2) is 0 Å². The van der Waals surface area contributed by atoms with Crippen LogP contribution in [0.15, 0.2) is 54.7 Å². The van der Waals surface area contributed by atoms with E-state index in [-0.39, 0.29) is 42.3 Å². The van der Waals surface area contributed by atoms with Crippen LogP contribution in [0.25, 0.3) is 11.1 Å². The first-order valence-corrected chi connectivity index (χ1v) is 11.8. The van der Waals surface area contributed by atoms with Crippen LogP contribution in [0.3, 0.4) is 0 Å². The van der Waals surface area contributed by atoms with Crippen LogP contribution in [0.2, 0.25) is 0 Å². The number of carbonyl (C=O) groups excluding carboxylic acids is 2. The number of benzene rings is 2. The first-order valence-electron chi connectivity index (χ1n) is 11.0. The molecule has 2 amide bonds. The van der Waals surface area contributed by atoms with Gasteiger partial charge < -0.3 is 20.5 Å². The summed E-state index contributed by atoms with van der Waals surface area (Å²) in [5, 5.41) is 14.9. The number of nitrogens with one attached hydrogen (secondary N) is 2. The number of nitrogens with zero attached hydrogens (tertiary/aromatic N) is 1. The third kappa shape index (κ3) is 5.26. The van der Waals surface area contributed by atoms with Gasteiger partial charge in [-0.25, -0.2) is 14.6 Å². The third-order valence-corrected chi connectivity index (χ3v) is 6.78. The Bertz CT molecular complexity index is 1160. The summed E-state index contributed by atoms with van der Waals surface area (Å²) in [7, 11) is 0. The molecular weight excluding hydrogens is 454 g/mol. The van der Waals surface area contributed by atoms with Crippen LogP contribution >= 0.6 is 11.3 Å². The molecule has 9 heteroatoms. The summed E-state index contributed by atoms with van der Waals surface area (Å²) in [6, 6.07) is 15.9. The minimum Gasteiger partial charge on any atom is -0.477 e. The number of carbonyl (C=O) groups is 3. The maximum absolute atomic E-state index is 12.5. The van der Waals surface area contributed by atoms with E-state index in [4.69, 9.17) is 9.84 Å². The Hall–Kier alpha value is -3.72. The summed E-state index contributed by atoms with van der Waals surface area (Å²) in [6.07, 6.45) is 1.34. The van der Waals surface area contributed by atoms with Crippen LogP contribution < -0.4 is 10.6 Å². The number of hydrogen-bond acceptors (Lipinski definition) is 6. The molecule has 0 radical (unpaired) electrons. The molecule has 34 heavy (non-hydrogen) atoms. The average Bonchev–Trinajstić information content (AvgIpc) is 3.44. The molecule has 2 aromatic carbocycles. The highest BCUT2D eigenvalue weighted by Gasteiger charge is 2.29. The van der Waals surface area contributed by atoms with Crippen molar-refractivity contribution in [3.05, 3.63) is 75.7 Å². The molecule has 8 nitrogen and oxygen atoms in total. The Morgan fingerprint density at radius 3 is 2.32 bits per heavy atom. The van der Waals surface area contributed by atoms with Gasteiger partial charge in [-0.15, -0.1) is 11.3 Å². The van der Waals surface area contributed by atoms with Crippen molar-refractivity contribution in [1.29, 1.82) is 0 Å². The predicted octanol–water partition coefficient (Wildman–Crippen LogP) is 4.16. The molecule has 1 atom stereocenters. The zero-order valence-corrected chi connectivity index (χ0v) is 19.4. The summed E-state index contributed by atoms with van der Waals surface area (Å²) in [6.45, 7) is 2.22. The highest BCUT2D eigenvalue weighted by Crippen LogP contribution is 2.44. The summed E-state index contributed by atoms with van der Waals surface area (Å²) >= 11 is 1.01. The number of rotatable bonds is 9. The number of aromatic carboxylic acids is 1. The number of amides is 2. The minimum atomic E-state index is -1.05. The van der Waals surface area contributed by atoms with E-state index >= 15 is 0 Å². The molecule has 0 aliphatic heterocycles. The minimum absolute atomic E-state index is 0.0319. The van der Waals surface area contributed by atoms with E-state index in [1.54, 1.807) is 0 Å². The van der Waals surface area contributed by atoms with Gasteiger partial charge in [-0.05, 0) is 28.7 Å². The van der Waals surface area contributed by atoms with Gasteiger partial charge in [0.25, 0.3) is 0 Å². The largest absolute Gasteiger partial charge is 0.477 e. The third-order valence-electron chi connectivity index (χ3n) is 5.79. The van der Waals surface area contributed by atoms with Gasteiger partial charge in [-0.2, -0.15) is 0 Å². The Labute approximate surface area is 201 Å². The molecule has 0 unspecified atom stereocenters. The number of aromatic nitrogens is 1. The lowest BCUT2D eigenvalue weighted by Crippen LogP contribution is -2.39. The van der Waals surface area contributed by atoms with Gasteiger partial charge in [0.1, 0.15) is 16.5 Å². The zero-order chi connectivity index (χ0) is 24.1. The molecule has 1 heterocycles. The number of carboxylic acid groups (broad SMARTS) is 1. The van der Waals surface area contributed by atoms with Crippen molar-refractivity contribution in [2.45, 2.75) is 38.3 Å². The lowest BCUT2D eigenvalue weighted by atomic mass is 9.98. The lowest BCUT2D eigenvalue weighted by Gasteiger charge is -2.18. The Balaban J connectivity index is 1.28. The summed E-state index contributed by atoms with van der Waals surface area (Å²) in [4.78, 5) is 39.8. The molecule has 0 fully saturated rings. The molecule has 3 aromatic rings. The van der Waals surface area contributed by atoms with E-state index in [1.165, 1.54) is 6.20 Å². The van der Waals surface area contributed by atoms with Crippen molar-refractivity contribution in [2.24, 2.45) is 0 Å². The van der Waals surface area contributed by atoms with Crippen LogP contribution in [-0.4, -0.2) is 40.7 Å². The maximum atomic E-state index is 12.5. The molecule has 0 saturated heterocycles. The second-order valence-electron chi connectivity index (χ2n) is 7.98. The standard InChI is InChI=1S/C25H25N3O5S/c1-2-15(11-22(29)26-13-23-27-12-21(34-23)24(30)31)28-25(32)33-14-20-18-9-5-3-7-16(18)17-8-4-6-10-19(17)20/h3-10,12,15,20H,2,11,13-14H2,1H3,(H,26,29)(H,28,32)(H,30,31)/t15-/m1/s1. The molecule has 0 spiro atoms. The normalized spacial score (nSPS) is 13.0. The van der Waals surface area contributed by atoms with Gasteiger partial charge in [0, 0.05) is 18.4 Å². The number of hydrogen-bond donors (Lipinski definition) is 3. The van der Waals surface area contributed by atoms with E-state index in [1.807, 2.05) is 31.2 Å². The smallest absolute Gasteiger partial charge is 0.407 e. The molecular formula is C25H25N3O5S. The molecule has 3 N–H and O–H groups in total. The van der Waals surface area contributed by atoms with Gasteiger partial charge in [0.2, 0.25) is 5.91 Å². The van der Waals surface area contributed by atoms with Gasteiger partial charge in [-0.1, -0.05) is 55.5 Å². The van der Waals surface area contributed by atoms with E-state index in [0.29, 0.717) is 11.4 Å². The molecule has 1 aliphatic carbocycles. The van der Waals surface area contributed by atoms with Crippen LogP contribution in [0, 0.1) is 0 Å². The fraction of sp³-hybridized carbons (Fsp3) is 0.280. The second kappa shape index (κ2) is 10.5. The number of ether oxygens (including phenoxy) is 1. The molecule has 1 aromatic heterocycles. The molecule has 0 saturated carbocycles. The average molecular weight is 480 g/mol. The summed E-state index contributed by atoms with van der Waals surface area (Å²) < 4.78 is 5.56. The monoisotopic (exact) mass is 479 g/mol. The Kier molecular flexibility index (Phi) is 7.22. The lowest BCUT2D eigenvalue weighted by molar-refractivity contribution is -0.121. The second-order valence-corrected chi connectivity index (χ2v) is 9.09. The van der Waals surface area contributed by atoms with Crippen LogP contribution in [0.1, 0.15) is 51.5 Å². The Morgan fingerprint density at radius 1 is 1.09 bits per heavy atom. The topological polar surface area (TPSA) is 118 Å². The fourth-order valence-corrected chi connectivity index (χ4v) is 4.76. The van der Waals surface area contributed by atoms with E-state index < -0.39 is 12.1 Å². The quantitative estimate of drug-likeness (QED) is 0.424. The van der Waals surface area contributed by atoms with Gasteiger partial charge in [0.05, 0.1) is 12.7 Å². The molecule has 1 aliphatic rings. The van der Waals surface area contributed by atoms with Crippen molar-refractivity contribution < 1.29 is 24.2 Å². The first-order chi connectivity index (χ1) is 16.5. The summed E-state index contributed by atoms with van der Waals surface area (Å²) in [5.74, 6) is -1.35. The number of carboxylic acids is 1. The highest BCUT2D eigenvalue weighted by molar-refractivity contribution is 7.13. The van der Waals surface area contributed by atoms with E-state index in [9.17, 15) is 14.4 Å². The number of fused-ring (bicyclic) bond motifs is 3. The van der Waals surface area contributed by atoms with Crippen LogP contribution in [0.5, 0.6) is 0 Å². The Morgan fingerprint density at radius 2 is 1.74 bits per heavy atom. The summed E-state index contributed by atoms with van der Waals surface area (Å²) in [5.41, 5.74) is 4.59. The number of thiazole rings is 1. The van der Waals surface area contributed by atoms with Crippen molar-refractivity contribution in [2.75, 3.05) is 6.61 Å². The van der Waals surface area contributed by atoms with Crippen LogP contribution in [-0.2, 0) is 16.1 Å². The zero-order valence-electron chi connectivity index (χ0n) is 18.6. The fourth-order valence-electron chi connectivity index (χ4n) is 4.07. The number of alkyl carbamates (subject to hydrolysis) is 1. The van der Waals surface area contributed by atoms with Crippen molar-refractivity contribution in [1.82, 2.24) is 15.6 Å². The molecule has 4 rings (SSSR count). The SMILES string of the molecule is CC[C@H](CC(=O)NCc1ncc(C(=O)O)s1)NC(=O)OCC1c2ccccc2-c2ccccc21. The van der Waals surface area contributed by atoms with Gasteiger partial charge in [-0.3, -0.25) is 4.79 Å². The molecule has 0 bridgehead atoms. The van der Waals surface area contributed by atoms with E-state index in [2.05, 4.69) is 39.9 Å². The van der Waals surface area contributed by atoms with Gasteiger partial charge >= 0.3 is 12.1 Å². The molecule has 176 valence electrons. The van der Waals surface area contributed by atoms with E-state index in [0.717, 1.165) is 33.6 Å². The van der Waals surface area contributed by atoms with Crippen molar-refractivity contribution in [3.63, 3.8) is 0 Å². The maximum Gasteiger partial charge on any atom is 0.407 e. The van der Waals surface area contributed by atoms with Crippen molar-refractivity contribution >= 4 is 29.3 Å². The first kappa shape index (κ1) is 23.4. The highest BCUT2D eigenvalue weighted by atomic mass is 32.1. The van der Waals surface area contributed by atoms with Crippen LogP contribution in [0.4, 0.5) is 4.79 Å². The predicted molar refractivity (Wildman–Crippen MR) is 128 cm³/mol.